The fourth-order valence-electron chi connectivity index (χ4n) is 2.93. The normalized spacial score (nSPS) is 10.5. The molecule has 2 amide bonds. The number of urea groups is 1. The number of carbonyl (C=O) groups excluding carboxylic acids is 1. The van der Waals surface area contributed by atoms with Gasteiger partial charge in [0, 0.05) is 24.1 Å². The van der Waals surface area contributed by atoms with Gasteiger partial charge in [-0.1, -0.05) is 17.7 Å². The van der Waals surface area contributed by atoms with Crippen molar-refractivity contribution in [3.8, 4) is 17.4 Å². The van der Waals surface area contributed by atoms with Crippen molar-refractivity contribution in [3.05, 3.63) is 89.5 Å². The lowest BCUT2D eigenvalue weighted by Gasteiger charge is -2.11. The van der Waals surface area contributed by atoms with Crippen LogP contribution in [0.2, 0.25) is 5.02 Å². The molecule has 0 radical (unpaired) electrons. The summed E-state index contributed by atoms with van der Waals surface area (Å²) in [6, 6.07) is 17.6. The number of rotatable bonds is 5. The van der Waals surface area contributed by atoms with Gasteiger partial charge in [0.15, 0.2) is 0 Å². The van der Waals surface area contributed by atoms with Crippen LogP contribution in [0.25, 0.3) is 5.82 Å². The number of nitrogens with zero attached hydrogens (tertiary/aromatic N) is 3. The number of anilines is 2. The monoisotopic (exact) mass is 433 g/mol. The predicted octanol–water partition coefficient (Wildman–Crippen LogP) is 5.97. The van der Waals surface area contributed by atoms with Crippen LogP contribution >= 0.6 is 11.6 Å². The number of amides is 2. The van der Waals surface area contributed by atoms with Gasteiger partial charge in [0.05, 0.1) is 10.7 Å². The minimum absolute atomic E-state index is 0.387. The van der Waals surface area contributed by atoms with Crippen molar-refractivity contribution < 1.29 is 9.53 Å². The number of halogens is 1. The highest BCUT2D eigenvalue weighted by atomic mass is 35.5. The first-order valence-electron chi connectivity index (χ1n) is 9.57. The van der Waals surface area contributed by atoms with Gasteiger partial charge < -0.3 is 19.9 Å². The molecule has 0 aliphatic carbocycles. The number of hydrogen-bond donors (Lipinski definition) is 2. The van der Waals surface area contributed by atoms with E-state index < -0.39 is 0 Å². The van der Waals surface area contributed by atoms with Crippen LogP contribution in [0.3, 0.4) is 0 Å². The fourth-order valence-corrected chi connectivity index (χ4v) is 3.21. The smallest absolute Gasteiger partial charge is 0.323 e. The summed E-state index contributed by atoms with van der Waals surface area (Å²) in [4.78, 5) is 21.0. The molecule has 0 unspecified atom stereocenters. The summed E-state index contributed by atoms with van der Waals surface area (Å²) in [5.41, 5.74) is 2.17. The molecular formula is C23H20ClN5O2. The Balaban J connectivity index is 1.41. The summed E-state index contributed by atoms with van der Waals surface area (Å²) in [5.74, 6) is 2.34. The van der Waals surface area contributed by atoms with Crippen LogP contribution in [0.15, 0.2) is 73.1 Å². The van der Waals surface area contributed by atoms with Crippen LogP contribution in [0.4, 0.5) is 16.2 Å². The van der Waals surface area contributed by atoms with Crippen LogP contribution in [0.5, 0.6) is 11.6 Å². The first kappa shape index (κ1) is 20.4. The van der Waals surface area contributed by atoms with E-state index in [9.17, 15) is 4.79 Å². The molecule has 0 saturated carbocycles. The molecule has 2 heterocycles. The van der Waals surface area contributed by atoms with Gasteiger partial charge in [0.25, 0.3) is 0 Å². The van der Waals surface area contributed by atoms with Gasteiger partial charge in [-0.05, 0) is 67.9 Å². The summed E-state index contributed by atoms with van der Waals surface area (Å²) in [7, 11) is 0. The van der Waals surface area contributed by atoms with Crippen LogP contribution in [0.1, 0.15) is 11.4 Å². The maximum absolute atomic E-state index is 12.3. The number of nitrogens with one attached hydrogen (secondary N) is 2. The molecule has 2 N–H and O–H groups in total. The van der Waals surface area contributed by atoms with E-state index in [2.05, 4.69) is 20.6 Å². The Morgan fingerprint density at radius 2 is 1.71 bits per heavy atom. The standard InChI is InChI=1S/C23H20ClN5O2/c1-15-5-10-20(19(24)13-15)28-23(30)27-17-6-8-18(9-7-17)31-22-14-21(25-16(2)26-22)29-11-3-4-12-29/h3-14H,1-2H3,(H2,27,28,30). The van der Waals surface area contributed by atoms with E-state index >= 15 is 0 Å². The van der Waals surface area contributed by atoms with Crippen molar-refractivity contribution in [1.82, 2.24) is 14.5 Å². The van der Waals surface area contributed by atoms with Gasteiger partial charge >= 0.3 is 6.03 Å². The highest BCUT2D eigenvalue weighted by Gasteiger charge is 2.08. The molecular weight excluding hydrogens is 414 g/mol. The average molecular weight is 434 g/mol. The van der Waals surface area contributed by atoms with Gasteiger partial charge in [0.1, 0.15) is 17.4 Å². The Morgan fingerprint density at radius 3 is 2.42 bits per heavy atom. The average Bonchev–Trinajstić information content (AvgIpc) is 3.26. The maximum atomic E-state index is 12.3. The number of benzene rings is 2. The zero-order valence-corrected chi connectivity index (χ0v) is 17.7. The Labute approximate surface area is 184 Å². The van der Waals surface area contributed by atoms with E-state index in [1.54, 1.807) is 42.5 Å². The molecule has 0 spiro atoms. The van der Waals surface area contributed by atoms with Crippen LogP contribution < -0.4 is 15.4 Å². The third-order valence-corrected chi connectivity index (χ3v) is 4.69. The van der Waals surface area contributed by atoms with Gasteiger partial charge in [-0.15, -0.1) is 0 Å². The summed E-state index contributed by atoms with van der Waals surface area (Å²) >= 11 is 6.16. The molecule has 31 heavy (non-hydrogen) atoms. The van der Waals surface area contributed by atoms with Gasteiger partial charge in [-0.25, -0.2) is 9.78 Å². The number of hydrogen-bond acceptors (Lipinski definition) is 4. The molecule has 2 aromatic heterocycles. The molecule has 4 rings (SSSR count). The van der Waals surface area contributed by atoms with E-state index in [1.807, 2.05) is 49.0 Å². The SMILES string of the molecule is Cc1ccc(NC(=O)Nc2ccc(Oc3cc(-n4cccc4)nc(C)n3)cc2)c(Cl)c1. The van der Waals surface area contributed by atoms with E-state index in [0.29, 0.717) is 33.9 Å². The summed E-state index contributed by atoms with van der Waals surface area (Å²) in [5, 5.41) is 5.99. The highest BCUT2D eigenvalue weighted by Crippen LogP contribution is 2.25. The van der Waals surface area contributed by atoms with Crippen molar-refractivity contribution >= 4 is 29.0 Å². The highest BCUT2D eigenvalue weighted by molar-refractivity contribution is 6.33. The summed E-state index contributed by atoms with van der Waals surface area (Å²) < 4.78 is 7.75. The third-order valence-electron chi connectivity index (χ3n) is 4.38. The zero-order valence-electron chi connectivity index (χ0n) is 17.0. The van der Waals surface area contributed by atoms with Crippen molar-refractivity contribution in [2.24, 2.45) is 0 Å². The van der Waals surface area contributed by atoms with Crippen LogP contribution in [-0.4, -0.2) is 20.6 Å². The third kappa shape index (κ3) is 5.21. The predicted molar refractivity (Wildman–Crippen MR) is 121 cm³/mol. The number of ether oxygens (including phenoxy) is 1. The van der Waals surface area contributed by atoms with Crippen molar-refractivity contribution in [2.45, 2.75) is 13.8 Å². The second-order valence-electron chi connectivity index (χ2n) is 6.89. The summed E-state index contributed by atoms with van der Waals surface area (Å²) in [6.45, 7) is 3.75. The molecule has 0 aliphatic heterocycles. The van der Waals surface area contributed by atoms with Gasteiger partial charge in [0.2, 0.25) is 5.88 Å². The molecule has 156 valence electrons. The fraction of sp³-hybridized carbons (Fsp3) is 0.0870. The minimum Gasteiger partial charge on any atom is -0.439 e. The molecule has 0 atom stereocenters. The second kappa shape index (κ2) is 8.89. The Hall–Kier alpha value is -3.84. The quantitative estimate of drug-likeness (QED) is 0.406. The first-order chi connectivity index (χ1) is 15.0. The van der Waals surface area contributed by atoms with Crippen LogP contribution in [-0.2, 0) is 0 Å². The van der Waals surface area contributed by atoms with E-state index in [1.165, 1.54) is 0 Å². The van der Waals surface area contributed by atoms with Crippen molar-refractivity contribution in [2.75, 3.05) is 10.6 Å². The lowest BCUT2D eigenvalue weighted by molar-refractivity contribution is 0.262. The van der Waals surface area contributed by atoms with E-state index in [0.717, 1.165) is 11.4 Å². The molecule has 7 nitrogen and oxygen atoms in total. The molecule has 2 aromatic carbocycles. The first-order valence-corrected chi connectivity index (χ1v) is 9.95. The van der Waals surface area contributed by atoms with E-state index in [4.69, 9.17) is 16.3 Å². The summed E-state index contributed by atoms with van der Waals surface area (Å²) in [6.07, 6.45) is 3.81. The molecule has 4 aromatic rings. The molecule has 0 bridgehead atoms. The minimum atomic E-state index is -0.387. The molecule has 0 saturated heterocycles. The van der Waals surface area contributed by atoms with E-state index in [-0.39, 0.29) is 6.03 Å². The Morgan fingerprint density at radius 1 is 0.968 bits per heavy atom. The largest absolute Gasteiger partial charge is 0.439 e. The van der Waals surface area contributed by atoms with Crippen molar-refractivity contribution in [3.63, 3.8) is 0 Å². The Bertz CT molecular complexity index is 1210. The topological polar surface area (TPSA) is 81.1 Å². The van der Waals surface area contributed by atoms with Crippen LogP contribution in [0, 0.1) is 13.8 Å². The number of aryl methyl sites for hydroxylation is 2. The second-order valence-corrected chi connectivity index (χ2v) is 7.30. The molecule has 0 fully saturated rings. The number of aromatic nitrogens is 3. The zero-order chi connectivity index (χ0) is 21.8. The Kier molecular flexibility index (Phi) is 5.86. The lowest BCUT2D eigenvalue weighted by atomic mass is 10.2. The molecule has 0 aliphatic rings. The van der Waals surface area contributed by atoms with Crippen molar-refractivity contribution in [1.29, 1.82) is 0 Å². The maximum Gasteiger partial charge on any atom is 0.323 e. The van der Waals surface area contributed by atoms with Gasteiger partial charge in [-0.3, -0.25) is 0 Å². The lowest BCUT2D eigenvalue weighted by Crippen LogP contribution is -2.19. The number of carbonyl (C=O) groups is 1. The van der Waals surface area contributed by atoms with Gasteiger partial charge in [-0.2, -0.15) is 4.98 Å². The molecule has 8 heteroatoms.